The van der Waals surface area contributed by atoms with Crippen LogP contribution in [0.1, 0.15) is 58.3 Å². The van der Waals surface area contributed by atoms with Gasteiger partial charge in [-0.05, 0) is 92.5 Å². The number of carbonyl (C=O) groups is 2. The number of piperidine rings is 1. The van der Waals surface area contributed by atoms with Crippen molar-refractivity contribution in [2.75, 3.05) is 12.0 Å². The van der Waals surface area contributed by atoms with Crippen molar-refractivity contribution >= 4 is 23.6 Å². The van der Waals surface area contributed by atoms with Gasteiger partial charge in [0, 0.05) is 6.04 Å². The normalized spacial score (nSPS) is 45.2. The molecule has 176 valence electrons. The highest BCUT2D eigenvalue weighted by molar-refractivity contribution is 7.98. The first-order chi connectivity index (χ1) is 15.2. The Labute approximate surface area is 194 Å². The van der Waals surface area contributed by atoms with Crippen molar-refractivity contribution in [3.63, 3.8) is 0 Å². The van der Waals surface area contributed by atoms with E-state index < -0.39 is 17.7 Å². The van der Waals surface area contributed by atoms with Crippen molar-refractivity contribution < 1.29 is 14.3 Å². The average Bonchev–Trinajstić information content (AvgIpc) is 3.19. The zero-order valence-corrected chi connectivity index (χ0v) is 20.0. The number of nitrogens with zero attached hydrogens (tertiary/aromatic N) is 2. The minimum absolute atomic E-state index is 0.0616. The molecule has 0 radical (unpaired) electrons. The Kier molecular flexibility index (Phi) is 5.54. The lowest BCUT2D eigenvalue weighted by Crippen LogP contribution is -2.66. The van der Waals surface area contributed by atoms with Crippen molar-refractivity contribution in [2.45, 2.75) is 88.1 Å². The standard InChI is InChI=1S/C24H36N4O3S/c1-13-17-6-16(11-25)28(19(13)17)21(29)20(27)23-7-14-5-15(8-23)10-24(9-14,12-23)31-22(30)18(26)3-4-32-2/h13-20H,3-10,12,26-27H2,1-2H3. The number of hydrogen-bond donors (Lipinski definition) is 2. The molecule has 4 N–H and O–H groups in total. The summed E-state index contributed by atoms with van der Waals surface area (Å²) < 4.78 is 6.17. The lowest BCUT2D eigenvalue weighted by Gasteiger charge is -2.62. The number of amides is 1. The summed E-state index contributed by atoms with van der Waals surface area (Å²) in [4.78, 5) is 28.3. The Morgan fingerprint density at radius 2 is 1.91 bits per heavy atom. The van der Waals surface area contributed by atoms with Gasteiger partial charge in [-0.15, -0.1) is 0 Å². The second kappa shape index (κ2) is 7.89. The van der Waals surface area contributed by atoms with Crippen LogP contribution >= 0.6 is 11.8 Å². The number of ether oxygens (including phenoxy) is 1. The van der Waals surface area contributed by atoms with Gasteiger partial charge in [-0.25, -0.2) is 0 Å². The van der Waals surface area contributed by atoms with E-state index in [9.17, 15) is 14.9 Å². The minimum atomic E-state index is -0.640. The van der Waals surface area contributed by atoms with Crippen molar-refractivity contribution in [1.29, 1.82) is 5.26 Å². The summed E-state index contributed by atoms with van der Waals surface area (Å²) >= 11 is 1.67. The zero-order valence-electron chi connectivity index (χ0n) is 19.2. The van der Waals surface area contributed by atoms with Gasteiger partial charge in [-0.2, -0.15) is 17.0 Å². The van der Waals surface area contributed by atoms with Gasteiger partial charge in [0.15, 0.2) is 0 Å². The number of rotatable bonds is 7. The van der Waals surface area contributed by atoms with Crippen LogP contribution in [-0.2, 0) is 14.3 Å². The topological polar surface area (TPSA) is 122 Å². The molecule has 6 fully saturated rings. The lowest BCUT2D eigenvalue weighted by atomic mass is 9.46. The molecule has 0 aromatic rings. The third-order valence-corrected chi connectivity index (χ3v) is 9.94. The Morgan fingerprint density at radius 3 is 2.53 bits per heavy atom. The number of thioether (sulfide) groups is 1. The summed E-state index contributed by atoms with van der Waals surface area (Å²) in [5, 5.41) is 9.62. The maximum absolute atomic E-state index is 13.7. The summed E-state index contributed by atoms with van der Waals surface area (Å²) in [7, 11) is 0. The predicted molar refractivity (Wildman–Crippen MR) is 122 cm³/mol. The molecule has 5 aliphatic carbocycles. The Morgan fingerprint density at radius 1 is 1.22 bits per heavy atom. The van der Waals surface area contributed by atoms with E-state index in [2.05, 4.69) is 13.0 Å². The maximum Gasteiger partial charge on any atom is 0.323 e. The molecule has 1 amide bonds. The molecular weight excluding hydrogens is 424 g/mol. The molecule has 0 spiro atoms. The lowest BCUT2D eigenvalue weighted by molar-refractivity contribution is -0.207. The molecule has 1 heterocycles. The van der Waals surface area contributed by atoms with Crippen LogP contribution in [0.15, 0.2) is 0 Å². The monoisotopic (exact) mass is 460 g/mol. The molecule has 0 aromatic heterocycles. The van der Waals surface area contributed by atoms with Crippen LogP contribution in [0.4, 0.5) is 0 Å². The summed E-state index contributed by atoms with van der Waals surface area (Å²) in [6.07, 6.45) is 8.72. The molecule has 7 nitrogen and oxygen atoms in total. The van der Waals surface area contributed by atoms with Crippen LogP contribution in [0.25, 0.3) is 0 Å². The largest absolute Gasteiger partial charge is 0.458 e. The first-order valence-electron chi connectivity index (χ1n) is 12.2. The number of nitriles is 1. The second-order valence-corrected chi connectivity index (χ2v) is 12.4. The average molecular weight is 461 g/mol. The highest BCUT2D eigenvalue weighted by atomic mass is 32.2. The molecule has 32 heavy (non-hydrogen) atoms. The minimum Gasteiger partial charge on any atom is -0.458 e. The van der Waals surface area contributed by atoms with E-state index in [1.807, 2.05) is 11.2 Å². The van der Waals surface area contributed by atoms with Gasteiger partial charge in [-0.3, -0.25) is 9.59 Å². The van der Waals surface area contributed by atoms with Crippen LogP contribution < -0.4 is 11.5 Å². The van der Waals surface area contributed by atoms with Gasteiger partial charge >= 0.3 is 5.97 Å². The third-order valence-electron chi connectivity index (χ3n) is 9.30. The smallest absolute Gasteiger partial charge is 0.323 e. The number of likely N-dealkylation sites (tertiary alicyclic amines) is 1. The van der Waals surface area contributed by atoms with Gasteiger partial charge in [0.2, 0.25) is 5.91 Å². The maximum atomic E-state index is 13.7. The van der Waals surface area contributed by atoms with E-state index >= 15 is 0 Å². The number of carbonyl (C=O) groups excluding carboxylic acids is 2. The van der Waals surface area contributed by atoms with Crippen LogP contribution in [0.3, 0.4) is 0 Å². The summed E-state index contributed by atoms with van der Waals surface area (Å²) in [5.41, 5.74) is 12.0. The first kappa shape index (κ1) is 22.5. The molecular formula is C24H36N4O3S. The fourth-order valence-electron chi connectivity index (χ4n) is 8.14. The van der Waals surface area contributed by atoms with Crippen LogP contribution in [0.5, 0.6) is 0 Å². The highest BCUT2D eigenvalue weighted by Gasteiger charge is 2.65. The number of esters is 1. The molecule has 6 rings (SSSR count). The van der Waals surface area contributed by atoms with Crippen molar-refractivity contribution in [3.05, 3.63) is 0 Å². The SMILES string of the molecule is CSCCC(N)C(=O)OC12CC3CC(C1)CC(C(N)C(=O)N1C(C#N)CC4C(C)C41)(C3)C2. The Bertz CT molecular complexity index is 830. The molecule has 5 saturated carbocycles. The van der Waals surface area contributed by atoms with Crippen molar-refractivity contribution in [3.8, 4) is 6.07 Å². The molecule has 8 atom stereocenters. The quantitative estimate of drug-likeness (QED) is 0.557. The van der Waals surface area contributed by atoms with Crippen molar-refractivity contribution in [1.82, 2.24) is 4.90 Å². The molecule has 1 saturated heterocycles. The van der Waals surface area contributed by atoms with Crippen LogP contribution in [0, 0.1) is 40.4 Å². The van der Waals surface area contributed by atoms with E-state index in [-0.39, 0.29) is 29.4 Å². The molecule has 4 bridgehead atoms. The van der Waals surface area contributed by atoms with Gasteiger partial charge in [0.1, 0.15) is 17.7 Å². The van der Waals surface area contributed by atoms with Gasteiger partial charge in [0.25, 0.3) is 0 Å². The van der Waals surface area contributed by atoms with E-state index in [0.717, 1.165) is 44.3 Å². The summed E-state index contributed by atoms with van der Waals surface area (Å²) in [5.74, 6) is 2.23. The summed E-state index contributed by atoms with van der Waals surface area (Å²) in [6.45, 7) is 2.16. The van der Waals surface area contributed by atoms with E-state index in [1.54, 1.807) is 11.8 Å². The number of fused-ring (bicyclic) bond motifs is 1. The predicted octanol–water partition coefficient (Wildman–Crippen LogP) is 2.04. The van der Waals surface area contributed by atoms with Crippen LogP contribution in [-0.4, -0.2) is 58.6 Å². The zero-order chi connectivity index (χ0) is 22.8. The number of nitrogens with two attached hydrogens (primary N) is 2. The second-order valence-electron chi connectivity index (χ2n) is 11.4. The molecule has 0 aromatic carbocycles. The fraction of sp³-hybridized carbons (Fsp3) is 0.875. The third kappa shape index (κ3) is 3.47. The fourth-order valence-corrected chi connectivity index (χ4v) is 8.63. The molecule has 6 aliphatic rings. The van der Waals surface area contributed by atoms with Gasteiger partial charge < -0.3 is 21.1 Å². The number of hydrogen-bond acceptors (Lipinski definition) is 7. The Balaban J connectivity index is 1.35. The van der Waals surface area contributed by atoms with Crippen molar-refractivity contribution in [2.24, 2.45) is 40.6 Å². The van der Waals surface area contributed by atoms with Gasteiger partial charge in [-0.1, -0.05) is 6.92 Å². The van der Waals surface area contributed by atoms with Crippen LogP contribution in [0.2, 0.25) is 0 Å². The van der Waals surface area contributed by atoms with E-state index in [1.165, 1.54) is 0 Å². The molecule has 1 aliphatic heterocycles. The Hall–Kier alpha value is -1.30. The molecule has 8 unspecified atom stereocenters. The first-order valence-corrected chi connectivity index (χ1v) is 13.6. The van der Waals surface area contributed by atoms with E-state index in [0.29, 0.717) is 36.5 Å². The highest BCUT2D eigenvalue weighted by Crippen LogP contribution is 2.64. The van der Waals surface area contributed by atoms with E-state index in [4.69, 9.17) is 16.2 Å². The molecule has 8 heteroatoms. The summed E-state index contributed by atoms with van der Waals surface area (Å²) in [6, 6.07) is 0.914. The van der Waals surface area contributed by atoms with Gasteiger partial charge in [0.05, 0.1) is 12.1 Å².